The summed E-state index contributed by atoms with van der Waals surface area (Å²) in [5.74, 6) is -0.469. The molecule has 1 N–H and O–H groups in total. The van der Waals surface area contributed by atoms with E-state index in [0.29, 0.717) is 34.4 Å². The van der Waals surface area contributed by atoms with E-state index in [0.717, 1.165) is 16.9 Å². The SMILES string of the molecule is Cc1nc(N2CCN(Cc3ccc(OC(F)(F)F)cc3)C2=O)sc1C(=O)CC[C@H](O)c1ccccc1. The highest BCUT2D eigenvalue weighted by Crippen LogP contribution is 2.31. The fraction of sp³-hybridized carbons (Fsp3) is 0.320. The van der Waals surface area contributed by atoms with Crippen LogP contribution in [-0.2, 0) is 6.54 Å². The molecular weight excluding hydrogens is 495 g/mol. The van der Waals surface area contributed by atoms with Crippen LogP contribution in [0.4, 0.5) is 23.1 Å². The average molecular weight is 520 g/mol. The molecule has 0 radical (unpaired) electrons. The zero-order valence-corrected chi connectivity index (χ0v) is 20.2. The van der Waals surface area contributed by atoms with E-state index >= 15 is 0 Å². The topological polar surface area (TPSA) is 83.0 Å². The van der Waals surface area contributed by atoms with Crippen molar-refractivity contribution in [1.29, 1.82) is 0 Å². The zero-order chi connectivity index (χ0) is 25.9. The third kappa shape index (κ3) is 6.21. The molecule has 4 rings (SSSR count). The molecule has 2 heterocycles. The van der Waals surface area contributed by atoms with E-state index < -0.39 is 12.5 Å². The highest BCUT2D eigenvalue weighted by Gasteiger charge is 2.33. The number of Topliss-reactive ketones (excluding diaryl/α,β-unsaturated/α-hetero) is 1. The summed E-state index contributed by atoms with van der Waals surface area (Å²) in [4.78, 5) is 33.7. The molecule has 3 aromatic rings. The number of carbonyl (C=O) groups excluding carboxylic acids is 2. The van der Waals surface area contributed by atoms with Crippen molar-refractivity contribution in [2.24, 2.45) is 0 Å². The van der Waals surface area contributed by atoms with Crippen molar-refractivity contribution < 1.29 is 32.6 Å². The van der Waals surface area contributed by atoms with E-state index in [1.807, 2.05) is 18.2 Å². The van der Waals surface area contributed by atoms with Gasteiger partial charge in [-0.3, -0.25) is 9.69 Å². The van der Waals surface area contributed by atoms with Crippen LogP contribution in [0.2, 0.25) is 0 Å². The van der Waals surface area contributed by atoms with Gasteiger partial charge in [0.15, 0.2) is 10.9 Å². The molecule has 1 saturated heterocycles. The number of carbonyl (C=O) groups is 2. The summed E-state index contributed by atoms with van der Waals surface area (Å²) < 4.78 is 40.9. The number of ketones is 1. The van der Waals surface area contributed by atoms with E-state index in [-0.39, 0.29) is 37.0 Å². The molecule has 36 heavy (non-hydrogen) atoms. The number of nitrogens with zero attached hydrogens (tertiary/aromatic N) is 3. The van der Waals surface area contributed by atoms with Gasteiger partial charge in [0.1, 0.15) is 5.75 Å². The summed E-state index contributed by atoms with van der Waals surface area (Å²) in [5, 5.41) is 10.8. The summed E-state index contributed by atoms with van der Waals surface area (Å²) in [6.45, 7) is 2.71. The summed E-state index contributed by atoms with van der Waals surface area (Å²) in [5.41, 5.74) is 1.93. The van der Waals surface area contributed by atoms with Crippen LogP contribution in [0, 0.1) is 6.92 Å². The molecule has 0 saturated carbocycles. The Hall–Kier alpha value is -3.44. The summed E-state index contributed by atoms with van der Waals surface area (Å²) >= 11 is 1.14. The lowest BCUT2D eigenvalue weighted by molar-refractivity contribution is -0.274. The van der Waals surface area contributed by atoms with Crippen molar-refractivity contribution in [2.75, 3.05) is 18.0 Å². The predicted octanol–water partition coefficient (Wildman–Crippen LogP) is 5.49. The van der Waals surface area contributed by atoms with Crippen molar-refractivity contribution in [3.05, 3.63) is 76.3 Å². The molecule has 0 unspecified atom stereocenters. The van der Waals surface area contributed by atoms with E-state index in [2.05, 4.69) is 9.72 Å². The van der Waals surface area contributed by atoms with Crippen LogP contribution in [0.15, 0.2) is 54.6 Å². The minimum atomic E-state index is -4.76. The third-order valence-corrected chi connectivity index (χ3v) is 6.95. The maximum Gasteiger partial charge on any atom is 0.573 e. The number of rotatable bonds is 9. The van der Waals surface area contributed by atoms with Gasteiger partial charge in [0.2, 0.25) is 0 Å². The van der Waals surface area contributed by atoms with Gasteiger partial charge in [0.05, 0.1) is 16.7 Å². The van der Waals surface area contributed by atoms with Crippen molar-refractivity contribution in [3.63, 3.8) is 0 Å². The van der Waals surface area contributed by atoms with E-state index in [1.54, 1.807) is 24.0 Å². The van der Waals surface area contributed by atoms with Crippen LogP contribution in [0.5, 0.6) is 5.75 Å². The second-order valence-corrected chi connectivity index (χ2v) is 9.32. The average Bonchev–Trinajstić information content (AvgIpc) is 3.40. The van der Waals surface area contributed by atoms with Crippen molar-refractivity contribution in [3.8, 4) is 5.75 Å². The number of aliphatic hydroxyl groups is 1. The molecule has 1 aromatic heterocycles. The number of aliphatic hydroxyl groups excluding tert-OH is 1. The first-order valence-corrected chi connectivity index (χ1v) is 12.1. The van der Waals surface area contributed by atoms with Gasteiger partial charge >= 0.3 is 12.4 Å². The number of amides is 2. The molecule has 0 aliphatic carbocycles. The molecule has 1 aliphatic rings. The molecule has 2 aromatic carbocycles. The van der Waals surface area contributed by atoms with Gasteiger partial charge < -0.3 is 14.7 Å². The first kappa shape index (κ1) is 25.6. The van der Waals surface area contributed by atoms with Crippen LogP contribution < -0.4 is 9.64 Å². The van der Waals surface area contributed by atoms with Gasteiger partial charge in [-0.15, -0.1) is 13.2 Å². The van der Waals surface area contributed by atoms with Gasteiger partial charge in [-0.05, 0) is 36.6 Å². The molecule has 1 aliphatic heterocycles. The highest BCUT2D eigenvalue weighted by molar-refractivity contribution is 7.17. The van der Waals surface area contributed by atoms with Crippen LogP contribution >= 0.6 is 11.3 Å². The Bertz CT molecular complexity index is 1220. The first-order chi connectivity index (χ1) is 17.1. The molecule has 190 valence electrons. The quantitative estimate of drug-likeness (QED) is 0.378. The normalized spacial score (nSPS) is 14.9. The maximum atomic E-state index is 13.0. The Morgan fingerprint density at radius 3 is 2.50 bits per heavy atom. The van der Waals surface area contributed by atoms with E-state index in [4.69, 9.17) is 0 Å². The van der Waals surface area contributed by atoms with Gasteiger partial charge in [-0.1, -0.05) is 53.8 Å². The van der Waals surface area contributed by atoms with Crippen molar-refractivity contribution in [2.45, 2.75) is 38.8 Å². The molecule has 1 atom stereocenters. The summed E-state index contributed by atoms with van der Waals surface area (Å²) in [7, 11) is 0. The smallest absolute Gasteiger partial charge is 0.406 e. The highest BCUT2D eigenvalue weighted by atomic mass is 32.1. The number of alkyl halides is 3. The Morgan fingerprint density at radius 2 is 1.83 bits per heavy atom. The molecule has 11 heteroatoms. The Balaban J connectivity index is 1.35. The van der Waals surface area contributed by atoms with Crippen LogP contribution in [0.1, 0.15) is 45.4 Å². The van der Waals surface area contributed by atoms with Crippen molar-refractivity contribution in [1.82, 2.24) is 9.88 Å². The monoisotopic (exact) mass is 519 g/mol. The van der Waals surface area contributed by atoms with Crippen molar-refractivity contribution >= 4 is 28.3 Å². The van der Waals surface area contributed by atoms with Gasteiger partial charge in [-0.25, -0.2) is 9.78 Å². The summed E-state index contributed by atoms with van der Waals surface area (Å²) in [6, 6.07) is 14.2. The lowest BCUT2D eigenvalue weighted by Gasteiger charge is -2.17. The lowest BCUT2D eigenvalue weighted by Crippen LogP contribution is -2.31. The zero-order valence-electron chi connectivity index (χ0n) is 19.4. The van der Waals surface area contributed by atoms with Gasteiger partial charge in [0, 0.05) is 26.1 Å². The Labute approximate surface area is 209 Å². The largest absolute Gasteiger partial charge is 0.573 e. The lowest BCUT2D eigenvalue weighted by atomic mass is 10.0. The number of benzene rings is 2. The predicted molar refractivity (Wildman–Crippen MR) is 128 cm³/mol. The van der Waals surface area contributed by atoms with Crippen LogP contribution in [0.3, 0.4) is 0 Å². The number of aryl methyl sites for hydroxylation is 1. The molecule has 2 amide bonds. The summed E-state index contributed by atoms with van der Waals surface area (Å²) in [6.07, 6.45) is -5.09. The number of hydrogen-bond donors (Lipinski definition) is 1. The Morgan fingerprint density at radius 1 is 1.14 bits per heavy atom. The second kappa shape index (κ2) is 10.7. The molecule has 0 bridgehead atoms. The number of hydrogen-bond acceptors (Lipinski definition) is 6. The molecule has 7 nitrogen and oxygen atoms in total. The first-order valence-electron chi connectivity index (χ1n) is 11.3. The molecule has 1 fully saturated rings. The Kier molecular flexibility index (Phi) is 7.60. The van der Waals surface area contributed by atoms with Crippen LogP contribution in [-0.4, -0.2) is 46.3 Å². The van der Waals surface area contributed by atoms with Gasteiger partial charge in [-0.2, -0.15) is 0 Å². The minimum Gasteiger partial charge on any atom is -0.406 e. The van der Waals surface area contributed by atoms with Gasteiger partial charge in [0.25, 0.3) is 0 Å². The maximum absolute atomic E-state index is 13.0. The number of thiazole rings is 1. The number of urea groups is 1. The van der Waals surface area contributed by atoms with Crippen LogP contribution in [0.25, 0.3) is 0 Å². The standard InChI is InChI=1S/C25H24F3N3O4S/c1-16-22(21(33)12-11-20(32)18-5-3-2-4-6-18)36-23(29-16)31-14-13-30(24(31)34)15-17-7-9-19(10-8-17)35-25(26,27)28/h2-10,20,32H,11-15H2,1H3/t20-/m0/s1. The fourth-order valence-electron chi connectivity index (χ4n) is 3.90. The second-order valence-electron chi connectivity index (χ2n) is 8.35. The molecule has 0 spiro atoms. The minimum absolute atomic E-state index is 0.143. The number of anilines is 1. The number of ether oxygens (including phenoxy) is 1. The number of aromatic nitrogens is 1. The fourth-order valence-corrected chi connectivity index (χ4v) is 4.96. The molecular formula is C25H24F3N3O4S. The third-order valence-electron chi connectivity index (χ3n) is 5.72. The van der Waals surface area contributed by atoms with E-state index in [1.165, 1.54) is 29.2 Å². The number of halogens is 3. The van der Waals surface area contributed by atoms with E-state index in [9.17, 15) is 27.9 Å².